The van der Waals surface area contributed by atoms with E-state index in [2.05, 4.69) is 25.7 Å². The van der Waals surface area contributed by atoms with E-state index in [9.17, 15) is 15.3 Å². The van der Waals surface area contributed by atoms with Gasteiger partial charge < -0.3 is 15.3 Å². The molecule has 0 spiro atoms. The van der Waals surface area contributed by atoms with Crippen molar-refractivity contribution in [1.29, 1.82) is 0 Å². The number of hydrogen-bond donors (Lipinski definition) is 3. The molecule has 0 bridgehead atoms. The van der Waals surface area contributed by atoms with Crippen LogP contribution in [0.25, 0.3) is 0 Å². The van der Waals surface area contributed by atoms with Gasteiger partial charge in [0.1, 0.15) is 0 Å². The van der Waals surface area contributed by atoms with Gasteiger partial charge in [0, 0.05) is 19.1 Å². The Kier molecular flexibility index (Phi) is 5.12. The van der Waals surface area contributed by atoms with Crippen LogP contribution in [0.15, 0.2) is 0 Å². The minimum Gasteiger partial charge on any atom is -0.393 e. The van der Waals surface area contributed by atoms with Gasteiger partial charge in [-0.15, -0.1) is 0 Å². The molecule has 0 radical (unpaired) electrons. The summed E-state index contributed by atoms with van der Waals surface area (Å²) in [7, 11) is 0. The monoisotopic (exact) mass is 431 g/mol. The third kappa shape index (κ3) is 3.00. The van der Waals surface area contributed by atoms with Crippen LogP contribution in [0.5, 0.6) is 0 Å². The number of nitrogens with zero attached hydrogens (tertiary/aromatic N) is 1. The molecule has 0 amide bonds. The van der Waals surface area contributed by atoms with Gasteiger partial charge in [-0.1, -0.05) is 20.8 Å². The first-order chi connectivity index (χ1) is 14.8. The number of piperidine rings is 2. The van der Waals surface area contributed by atoms with Gasteiger partial charge in [0.2, 0.25) is 0 Å². The summed E-state index contributed by atoms with van der Waals surface area (Å²) in [5, 5.41) is 32.9. The minimum absolute atomic E-state index is 0.0565. The summed E-state index contributed by atoms with van der Waals surface area (Å²) in [6, 6.07) is 0.798. The van der Waals surface area contributed by atoms with E-state index in [1.165, 1.54) is 45.2 Å². The Labute approximate surface area is 188 Å². The third-order valence-electron chi connectivity index (χ3n) is 12.1. The van der Waals surface area contributed by atoms with E-state index >= 15 is 0 Å². The van der Waals surface area contributed by atoms with Crippen molar-refractivity contribution in [2.45, 2.75) is 96.5 Å². The van der Waals surface area contributed by atoms with E-state index in [-0.39, 0.29) is 23.4 Å². The Morgan fingerprint density at radius 3 is 2.32 bits per heavy atom. The molecule has 2 saturated heterocycles. The second-order valence-corrected chi connectivity index (χ2v) is 13.2. The average Bonchev–Trinajstić information content (AvgIpc) is 3.15. The fourth-order valence-corrected chi connectivity index (χ4v) is 10.6. The minimum atomic E-state index is -0.657. The molecule has 0 aromatic carbocycles. The maximum Gasteiger partial charge on any atom is 0.0836 e. The standard InChI is InChI=1S/C27H45NO3/c1-14-4-7-23-15(2)17-5-6-18-19(20(17)13-28(23)12-14)11-21-24(18)26(31)25(30)22-10-16(29)8-9-27(21,22)3/h14-26,29-31H,4-13H2,1-3H3. The maximum absolute atomic E-state index is 11.4. The van der Waals surface area contributed by atoms with Gasteiger partial charge >= 0.3 is 0 Å². The quantitative estimate of drug-likeness (QED) is 0.549. The van der Waals surface area contributed by atoms with Crippen molar-refractivity contribution in [2.75, 3.05) is 13.1 Å². The molecule has 31 heavy (non-hydrogen) atoms. The summed E-state index contributed by atoms with van der Waals surface area (Å²) in [5.74, 6) is 5.42. The third-order valence-corrected chi connectivity index (χ3v) is 12.1. The largest absolute Gasteiger partial charge is 0.393 e. The van der Waals surface area contributed by atoms with E-state index in [0.717, 1.165) is 48.5 Å². The van der Waals surface area contributed by atoms with Crippen molar-refractivity contribution in [1.82, 2.24) is 4.90 Å². The van der Waals surface area contributed by atoms with Crippen molar-refractivity contribution in [3.8, 4) is 0 Å². The Hall–Kier alpha value is -0.160. The van der Waals surface area contributed by atoms with Gasteiger partial charge in [0.25, 0.3) is 0 Å². The lowest BCUT2D eigenvalue weighted by molar-refractivity contribution is -0.187. The van der Waals surface area contributed by atoms with Crippen LogP contribution < -0.4 is 0 Å². The van der Waals surface area contributed by atoms with Crippen LogP contribution in [0.1, 0.15) is 72.1 Å². The molecule has 3 N–H and O–H groups in total. The Bertz CT molecular complexity index is 698. The van der Waals surface area contributed by atoms with Gasteiger partial charge in [-0.25, -0.2) is 0 Å². The second kappa shape index (κ2) is 7.42. The second-order valence-electron chi connectivity index (χ2n) is 13.2. The SMILES string of the molecule is CC1CCC2C(C)C3CCC4C(CC5C4C(O)C(O)C4CC(O)CCC45C)C3CN2C1. The zero-order chi connectivity index (χ0) is 21.7. The highest BCUT2D eigenvalue weighted by Gasteiger charge is 2.65. The van der Waals surface area contributed by atoms with Crippen molar-refractivity contribution < 1.29 is 15.3 Å². The Balaban J connectivity index is 1.30. The molecule has 2 heterocycles. The summed E-state index contributed by atoms with van der Waals surface area (Å²) in [5.41, 5.74) is 0.0812. The topological polar surface area (TPSA) is 63.9 Å². The van der Waals surface area contributed by atoms with Crippen LogP contribution in [0.4, 0.5) is 0 Å². The smallest absolute Gasteiger partial charge is 0.0836 e. The molecule has 4 aliphatic carbocycles. The maximum atomic E-state index is 11.4. The number of hydrogen-bond acceptors (Lipinski definition) is 4. The first kappa shape index (κ1) is 21.4. The summed E-state index contributed by atoms with van der Waals surface area (Å²) >= 11 is 0. The lowest BCUT2D eigenvalue weighted by atomic mass is 9.50. The molecule has 14 atom stereocenters. The fourth-order valence-electron chi connectivity index (χ4n) is 10.6. The summed E-state index contributed by atoms with van der Waals surface area (Å²) in [6.07, 6.45) is 7.62. The molecule has 0 aromatic heterocycles. The van der Waals surface area contributed by atoms with Crippen LogP contribution in [-0.4, -0.2) is 57.7 Å². The van der Waals surface area contributed by atoms with Gasteiger partial charge in [-0.3, -0.25) is 4.90 Å². The Morgan fingerprint density at radius 2 is 1.52 bits per heavy atom. The van der Waals surface area contributed by atoms with Crippen LogP contribution in [0, 0.1) is 58.7 Å². The highest BCUT2D eigenvalue weighted by Crippen LogP contribution is 2.67. The van der Waals surface area contributed by atoms with Crippen LogP contribution in [0.3, 0.4) is 0 Å². The van der Waals surface area contributed by atoms with Crippen molar-refractivity contribution in [3.63, 3.8) is 0 Å². The molecule has 6 aliphatic rings. The fraction of sp³-hybridized carbons (Fsp3) is 1.00. The zero-order valence-corrected chi connectivity index (χ0v) is 19.9. The number of aliphatic hydroxyl groups is 3. The zero-order valence-electron chi connectivity index (χ0n) is 19.9. The van der Waals surface area contributed by atoms with Gasteiger partial charge in [-0.2, -0.15) is 0 Å². The highest BCUT2D eigenvalue weighted by atomic mass is 16.3. The summed E-state index contributed by atoms with van der Waals surface area (Å²) < 4.78 is 0. The van der Waals surface area contributed by atoms with Crippen LogP contribution in [0.2, 0.25) is 0 Å². The van der Waals surface area contributed by atoms with E-state index in [0.29, 0.717) is 18.3 Å². The van der Waals surface area contributed by atoms with E-state index in [1.54, 1.807) is 0 Å². The molecule has 176 valence electrons. The molecule has 14 unspecified atom stereocenters. The van der Waals surface area contributed by atoms with Crippen LogP contribution >= 0.6 is 0 Å². The molecular weight excluding hydrogens is 386 g/mol. The van der Waals surface area contributed by atoms with Gasteiger partial charge in [0.15, 0.2) is 0 Å². The van der Waals surface area contributed by atoms with Crippen molar-refractivity contribution in [3.05, 3.63) is 0 Å². The first-order valence-corrected chi connectivity index (χ1v) is 13.6. The van der Waals surface area contributed by atoms with E-state index in [4.69, 9.17) is 0 Å². The van der Waals surface area contributed by atoms with Crippen molar-refractivity contribution >= 4 is 0 Å². The number of fused-ring (bicyclic) bond motifs is 8. The highest BCUT2D eigenvalue weighted by molar-refractivity contribution is 5.14. The molecule has 4 saturated carbocycles. The predicted molar refractivity (Wildman–Crippen MR) is 121 cm³/mol. The van der Waals surface area contributed by atoms with E-state index in [1.807, 2.05) is 0 Å². The molecule has 6 rings (SSSR count). The van der Waals surface area contributed by atoms with Gasteiger partial charge in [-0.05, 0) is 110 Å². The lowest BCUT2D eigenvalue weighted by Crippen LogP contribution is -2.60. The normalized spacial score (nSPS) is 61.5. The molecule has 4 heteroatoms. The molecule has 2 aliphatic heterocycles. The molecule has 0 aromatic rings. The summed E-state index contributed by atoms with van der Waals surface area (Å²) in [6.45, 7) is 9.93. The lowest BCUT2D eigenvalue weighted by Gasteiger charge is -2.57. The van der Waals surface area contributed by atoms with E-state index < -0.39 is 12.2 Å². The molecule has 6 fully saturated rings. The molecule has 4 nitrogen and oxygen atoms in total. The number of aliphatic hydroxyl groups excluding tert-OH is 3. The van der Waals surface area contributed by atoms with Crippen LogP contribution in [-0.2, 0) is 0 Å². The van der Waals surface area contributed by atoms with Crippen molar-refractivity contribution in [2.24, 2.45) is 58.7 Å². The number of rotatable bonds is 0. The molecular formula is C27H45NO3. The Morgan fingerprint density at radius 1 is 0.742 bits per heavy atom. The first-order valence-electron chi connectivity index (χ1n) is 13.6. The average molecular weight is 432 g/mol. The van der Waals surface area contributed by atoms with Gasteiger partial charge in [0.05, 0.1) is 18.3 Å². The summed E-state index contributed by atoms with van der Waals surface area (Å²) in [4.78, 5) is 2.86. The predicted octanol–water partition coefficient (Wildman–Crippen LogP) is 3.53.